The molecule has 0 spiro atoms. The molecule has 0 radical (unpaired) electrons. The van der Waals surface area contributed by atoms with Crippen LogP contribution in [0.4, 0.5) is 5.69 Å². The number of carbonyl (C=O) groups excluding carboxylic acids is 1. The summed E-state index contributed by atoms with van der Waals surface area (Å²) in [5.74, 6) is 1.98. The molecule has 2 aliphatic rings. The van der Waals surface area contributed by atoms with E-state index >= 15 is 0 Å². The lowest BCUT2D eigenvalue weighted by molar-refractivity contribution is -0.107. The van der Waals surface area contributed by atoms with E-state index in [-0.39, 0.29) is 0 Å². The van der Waals surface area contributed by atoms with E-state index in [1.807, 2.05) is 72.5 Å². The molecule has 2 saturated carbocycles. The van der Waals surface area contributed by atoms with E-state index in [0.29, 0.717) is 29.2 Å². The molecule has 0 saturated heterocycles. The molecule has 2 aliphatic carbocycles. The van der Waals surface area contributed by atoms with E-state index in [1.165, 1.54) is 31.2 Å². The van der Waals surface area contributed by atoms with Gasteiger partial charge >= 0.3 is 0 Å². The molecular formula is C37H49N3O3. The highest BCUT2D eigenvalue weighted by Gasteiger charge is 2.54. The molecule has 4 unspecified atom stereocenters. The quantitative estimate of drug-likeness (QED) is 0.202. The lowest BCUT2D eigenvalue weighted by Gasteiger charge is -2.38. The average Bonchev–Trinajstić information content (AvgIpc) is 3.62. The largest absolute Gasteiger partial charge is 0.400 e. The number of benzene rings is 3. The summed E-state index contributed by atoms with van der Waals surface area (Å²) in [6.45, 7) is 11.0. The number of nitrogens with zero attached hydrogens (tertiary/aromatic N) is 3. The van der Waals surface area contributed by atoms with Gasteiger partial charge in [0.1, 0.15) is 0 Å². The molecule has 1 amide bonds. The molecule has 0 heterocycles. The number of ether oxygens (including phenoxy) is 1. The highest BCUT2D eigenvalue weighted by Crippen LogP contribution is 2.62. The van der Waals surface area contributed by atoms with Crippen LogP contribution in [-0.2, 0) is 16.1 Å². The van der Waals surface area contributed by atoms with Crippen LogP contribution in [0.1, 0.15) is 77.3 Å². The van der Waals surface area contributed by atoms with Crippen LogP contribution in [0.15, 0.2) is 66.7 Å². The number of amides is 1. The number of hydrogen-bond donors (Lipinski definition) is 1. The van der Waals surface area contributed by atoms with Crippen LogP contribution in [0.2, 0.25) is 0 Å². The zero-order valence-electron chi connectivity index (χ0n) is 26.6. The Labute approximate surface area is 258 Å². The molecule has 0 aliphatic heterocycles. The van der Waals surface area contributed by atoms with Crippen LogP contribution in [0.3, 0.4) is 0 Å². The molecule has 3 aromatic carbocycles. The summed E-state index contributed by atoms with van der Waals surface area (Å²) >= 11 is 0. The summed E-state index contributed by atoms with van der Waals surface area (Å²) in [6, 6.07) is 26.1. The maximum absolute atomic E-state index is 12.0. The number of aliphatic hydroxyl groups is 1. The predicted molar refractivity (Wildman–Crippen MR) is 175 cm³/mol. The maximum atomic E-state index is 12.0. The summed E-state index contributed by atoms with van der Waals surface area (Å²) < 4.78 is 5.37. The van der Waals surface area contributed by atoms with Gasteiger partial charge in [-0.2, -0.15) is 10.5 Å². The lowest BCUT2D eigenvalue weighted by Crippen LogP contribution is -2.37. The number of rotatable bonds is 9. The zero-order chi connectivity index (χ0) is 31.7. The predicted octanol–water partition coefficient (Wildman–Crippen LogP) is 8.28. The Morgan fingerprint density at radius 3 is 2.21 bits per heavy atom. The average molecular weight is 584 g/mol. The van der Waals surface area contributed by atoms with Crippen molar-refractivity contribution in [2.24, 2.45) is 23.2 Å². The molecule has 6 heteroatoms. The summed E-state index contributed by atoms with van der Waals surface area (Å²) in [7, 11) is 1.00. The van der Waals surface area contributed by atoms with E-state index in [4.69, 9.17) is 15.1 Å². The third-order valence-electron chi connectivity index (χ3n) is 9.08. The normalized spacial score (nSPS) is 21.1. The Morgan fingerprint density at radius 2 is 1.65 bits per heavy atom. The van der Waals surface area contributed by atoms with Crippen LogP contribution >= 0.6 is 0 Å². The summed E-state index contributed by atoms with van der Waals surface area (Å²) in [6.07, 6.45) is 7.94. The lowest BCUT2D eigenvalue weighted by atomic mass is 9.70. The van der Waals surface area contributed by atoms with E-state index in [1.54, 1.807) is 0 Å². The van der Waals surface area contributed by atoms with Crippen molar-refractivity contribution in [3.8, 4) is 12.1 Å². The van der Waals surface area contributed by atoms with Crippen molar-refractivity contribution in [3.63, 3.8) is 0 Å². The first kappa shape index (κ1) is 35.5. The highest BCUT2D eigenvalue weighted by molar-refractivity contribution is 6.01. The maximum Gasteiger partial charge on any atom is 0.214 e. The number of aliphatic hydroxyl groups excluding tert-OH is 1. The molecule has 5 rings (SSSR count). The Kier molecular flexibility index (Phi) is 15.5. The Morgan fingerprint density at radius 1 is 1.00 bits per heavy atom. The fraction of sp³-hybridized carbons (Fsp3) is 0.486. The molecule has 3 aromatic rings. The van der Waals surface area contributed by atoms with Gasteiger partial charge in [-0.3, -0.25) is 4.79 Å². The van der Waals surface area contributed by atoms with E-state index in [9.17, 15) is 10.1 Å². The number of nitriles is 2. The second-order valence-corrected chi connectivity index (χ2v) is 11.3. The summed E-state index contributed by atoms with van der Waals surface area (Å²) in [5.41, 5.74) is 3.33. The van der Waals surface area contributed by atoms with Crippen LogP contribution in [-0.4, -0.2) is 31.8 Å². The van der Waals surface area contributed by atoms with Gasteiger partial charge in [-0.25, -0.2) is 0 Å². The third kappa shape index (κ3) is 9.14. The van der Waals surface area contributed by atoms with Gasteiger partial charge in [-0.15, -0.1) is 0 Å². The first-order valence-corrected chi connectivity index (χ1v) is 15.6. The molecule has 43 heavy (non-hydrogen) atoms. The van der Waals surface area contributed by atoms with Crippen molar-refractivity contribution in [1.29, 1.82) is 10.5 Å². The Bertz CT molecular complexity index is 1330. The molecular weight excluding hydrogens is 534 g/mol. The SMILES string of the molecule is CCC#N.CCC12CCC(C1)C(CN(C=O)c1ccc(C#N)c3ccccc13)C2C.CCCOCc1ccccc1.CO. The first-order valence-electron chi connectivity index (χ1n) is 15.6. The van der Waals surface area contributed by atoms with Gasteiger partial charge in [-0.05, 0) is 66.5 Å². The topological polar surface area (TPSA) is 97.4 Å². The third-order valence-corrected chi connectivity index (χ3v) is 9.08. The van der Waals surface area contributed by atoms with Crippen molar-refractivity contribution in [1.82, 2.24) is 0 Å². The zero-order valence-corrected chi connectivity index (χ0v) is 26.6. The highest BCUT2D eigenvalue weighted by atomic mass is 16.5. The summed E-state index contributed by atoms with van der Waals surface area (Å²) in [4.78, 5) is 13.9. The van der Waals surface area contributed by atoms with E-state index < -0.39 is 0 Å². The minimum Gasteiger partial charge on any atom is -0.400 e. The molecule has 6 nitrogen and oxygen atoms in total. The van der Waals surface area contributed by atoms with Crippen molar-refractivity contribution in [2.75, 3.05) is 25.2 Å². The fourth-order valence-electron chi connectivity index (χ4n) is 6.76. The van der Waals surface area contributed by atoms with Crippen LogP contribution in [0, 0.1) is 45.8 Å². The molecule has 0 aromatic heterocycles. The second-order valence-electron chi connectivity index (χ2n) is 11.3. The second kappa shape index (κ2) is 18.7. The summed E-state index contributed by atoms with van der Waals surface area (Å²) in [5, 5.41) is 25.9. The minimum absolute atomic E-state index is 0.497. The van der Waals surface area contributed by atoms with Gasteiger partial charge in [0.05, 0.1) is 30.0 Å². The molecule has 230 valence electrons. The van der Waals surface area contributed by atoms with Gasteiger partial charge in [0.25, 0.3) is 0 Å². The number of hydrogen-bond acceptors (Lipinski definition) is 5. The van der Waals surface area contributed by atoms with Gasteiger partial charge < -0.3 is 14.7 Å². The Hall–Kier alpha value is -3.71. The van der Waals surface area contributed by atoms with Crippen LogP contribution in [0.5, 0.6) is 0 Å². The Balaban J connectivity index is 0.000000315. The van der Waals surface area contributed by atoms with E-state index in [2.05, 4.69) is 39.0 Å². The standard InChI is InChI=1S/C23H26N2O.C10H14O.C3H5N.CH4O/c1-3-23-11-10-17(12-23)21(16(23)2)14-25(15-26)22-9-8-18(13-24)19-6-4-5-7-20(19)22;1-2-8-11-9-10-6-4-3-5-7-10;1-2-3-4;1-2/h4-9,15-17,21H,3,10-12,14H2,1-2H3;3-7H,2,8-9H2,1H3;2H2,1H3;2H,1H3. The van der Waals surface area contributed by atoms with E-state index in [0.717, 1.165) is 62.1 Å². The monoisotopic (exact) mass is 583 g/mol. The van der Waals surface area contributed by atoms with Gasteiger partial charge in [0, 0.05) is 37.5 Å². The molecule has 2 bridgehead atoms. The number of anilines is 1. The van der Waals surface area contributed by atoms with Crippen molar-refractivity contribution < 1.29 is 14.6 Å². The molecule has 1 N–H and O–H groups in total. The van der Waals surface area contributed by atoms with Crippen molar-refractivity contribution in [3.05, 3.63) is 77.9 Å². The van der Waals surface area contributed by atoms with Crippen LogP contribution < -0.4 is 4.90 Å². The smallest absolute Gasteiger partial charge is 0.214 e. The van der Waals surface area contributed by atoms with Crippen molar-refractivity contribution in [2.45, 2.75) is 72.8 Å². The fourth-order valence-corrected chi connectivity index (χ4v) is 6.76. The molecule has 4 atom stereocenters. The number of carbonyl (C=O) groups is 1. The van der Waals surface area contributed by atoms with Gasteiger partial charge in [0.15, 0.2) is 0 Å². The van der Waals surface area contributed by atoms with Crippen LogP contribution in [0.25, 0.3) is 10.8 Å². The number of fused-ring (bicyclic) bond motifs is 3. The van der Waals surface area contributed by atoms with Gasteiger partial charge in [-0.1, -0.05) is 88.7 Å². The minimum atomic E-state index is 0.497. The van der Waals surface area contributed by atoms with Crippen molar-refractivity contribution >= 4 is 22.9 Å². The molecule has 2 fully saturated rings. The first-order chi connectivity index (χ1) is 21.0. The van der Waals surface area contributed by atoms with Gasteiger partial charge in [0.2, 0.25) is 6.41 Å².